The lowest BCUT2D eigenvalue weighted by Crippen LogP contribution is -2.39. The van der Waals surface area contributed by atoms with Crippen LogP contribution in [0, 0.1) is 0 Å². The molecule has 0 radical (unpaired) electrons. The summed E-state index contributed by atoms with van der Waals surface area (Å²) in [5.74, 6) is 1.74. The van der Waals surface area contributed by atoms with Crippen molar-refractivity contribution in [3.05, 3.63) is 29.8 Å². The second-order valence-electron chi connectivity index (χ2n) is 5.18. The van der Waals surface area contributed by atoms with Crippen LogP contribution in [0.3, 0.4) is 0 Å². The fourth-order valence-corrected chi connectivity index (χ4v) is 2.66. The average Bonchev–Trinajstić information content (AvgIpc) is 2.49. The molecule has 0 fully saturated rings. The molecule has 0 bridgehead atoms. The molecule has 0 spiro atoms. The molecule has 0 aliphatic heterocycles. The average molecular weight is 310 g/mol. The first-order chi connectivity index (χ1) is 9.97. The number of thioether (sulfide) groups is 1. The Morgan fingerprint density at radius 3 is 2.62 bits per heavy atom. The molecule has 0 aliphatic carbocycles. The number of nitrogens with zero attached hydrogens (tertiary/aromatic N) is 1. The van der Waals surface area contributed by atoms with Crippen LogP contribution in [-0.4, -0.2) is 42.6 Å². The Morgan fingerprint density at radius 2 is 2.00 bits per heavy atom. The Labute approximate surface area is 132 Å². The molecule has 1 rings (SSSR count). The summed E-state index contributed by atoms with van der Waals surface area (Å²) >= 11 is 1.84. The molecule has 118 valence electrons. The molecule has 0 saturated carbocycles. The van der Waals surface area contributed by atoms with Gasteiger partial charge in [-0.25, -0.2) is 4.79 Å². The van der Waals surface area contributed by atoms with Crippen molar-refractivity contribution < 1.29 is 9.53 Å². The zero-order chi connectivity index (χ0) is 15.8. The molecule has 0 unspecified atom stereocenters. The first kappa shape index (κ1) is 17.7. The molecule has 0 saturated heterocycles. The topological polar surface area (TPSA) is 41.6 Å². The smallest absolute Gasteiger partial charge is 0.317 e. The van der Waals surface area contributed by atoms with Gasteiger partial charge in [0.15, 0.2) is 0 Å². The van der Waals surface area contributed by atoms with Crippen LogP contribution in [0.5, 0.6) is 5.75 Å². The largest absolute Gasteiger partial charge is 0.496 e. The van der Waals surface area contributed by atoms with Crippen LogP contribution in [0.2, 0.25) is 0 Å². The second kappa shape index (κ2) is 8.82. The van der Waals surface area contributed by atoms with E-state index < -0.39 is 0 Å². The highest BCUT2D eigenvalue weighted by Crippen LogP contribution is 2.27. The molecule has 0 aliphatic rings. The van der Waals surface area contributed by atoms with Crippen LogP contribution in [0.15, 0.2) is 24.3 Å². The first-order valence-electron chi connectivity index (χ1n) is 7.22. The van der Waals surface area contributed by atoms with Crippen LogP contribution in [0.25, 0.3) is 0 Å². The highest BCUT2D eigenvalue weighted by atomic mass is 32.2. The number of hydrogen-bond donors (Lipinski definition) is 1. The summed E-state index contributed by atoms with van der Waals surface area (Å²) in [6.45, 7) is 7.00. The molecule has 1 aromatic rings. The fraction of sp³-hybridized carbons (Fsp3) is 0.562. The van der Waals surface area contributed by atoms with E-state index in [1.165, 1.54) is 0 Å². The lowest BCUT2D eigenvalue weighted by Gasteiger charge is -2.26. The van der Waals surface area contributed by atoms with E-state index in [1.54, 1.807) is 12.0 Å². The first-order valence-corrected chi connectivity index (χ1v) is 8.27. The number of para-hydroxylation sites is 1. The summed E-state index contributed by atoms with van der Waals surface area (Å²) in [5, 5.41) is 3.54. The van der Waals surface area contributed by atoms with Crippen molar-refractivity contribution >= 4 is 17.8 Å². The van der Waals surface area contributed by atoms with Gasteiger partial charge in [-0.2, -0.15) is 11.8 Å². The number of methoxy groups -OCH3 is 1. The van der Waals surface area contributed by atoms with Gasteiger partial charge in [-0.05, 0) is 18.2 Å². The molecular weight excluding hydrogens is 284 g/mol. The normalized spacial score (nSPS) is 12.1. The molecular formula is C16H26N2O2S. The molecule has 1 atom stereocenters. The number of benzene rings is 1. The van der Waals surface area contributed by atoms with Crippen LogP contribution >= 0.6 is 11.8 Å². The van der Waals surface area contributed by atoms with Gasteiger partial charge in [-0.3, -0.25) is 0 Å². The SMILES string of the molecule is COc1ccccc1[C@H](C)N(C)C(=O)NCCSC(C)C. The Bertz CT molecular complexity index is 452. The number of rotatable bonds is 7. The van der Waals surface area contributed by atoms with E-state index in [0.29, 0.717) is 11.8 Å². The monoisotopic (exact) mass is 310 g/mol. The van der Waals surface area contributed by atoms with Gasteiger partial charge in [0.25, 0.3) is 0 Å². The van der Waals surface area contributed by atoms with Gasteiger partial charge in [-0.15, -0.1) is 0 Å². The van der Waals surface area contributed by atoms with Gasteiger partial charge in [-0.1, -0.05) is 32.0 Å². The van der Waals surface area contributed by atoms with Gasteiger partial charge in [0.2, 0.25) is 0 Å². The maximum Gasteiger partial charge on any atom is 0.317 e. The molecule has 0 aromatic heterocycles. The van der Waals surface area contributed by atoms with E-state index in [4.69, 9.17) is 4.74 Å². The minimum atomic E-state index is -0.0576. The van der Waals surface area contributed by atoms with E-state index in [0.717, 1.165) is 17.1 Å². The van der Waals surface area contributed by atoms with Crippen LogP contribution in [0.1, 0.15) is 32.4 Å². The van der Waals surface area contributed by atoms with Crippen LogP contribution in [-0.2, 0) is 0 Å². The van der Waals surface area contributed by atoms with Gasteiger partial charge in [0.1, 0.15) is 5.75 Å². The molecule has 21 heavy (non-hydrogen) atoms. The molecule has 1 aromatic carbocycles. The molecule has 5 heteroatoms. The number of carbonyl (C=O) groups excluding carboxylic acids is 1. The molecule has 1 N–H and O–H groups in total. The molecule has 4 nitrogen and oxygen atoms in total. The van der Waals surface area contributed by atoms with Crippen molar-refractivity contribution in [2.75, 3.05) is 26.5 Å². The molecule has 0 heterocycles. The predicted molar refractivity (Wildman–Crippen MR) is 90.2 cm³/mol. The van der Waals surface area contributed by atoms with E-state index in [2.05, 4.69) is 19.2 Å². The quantitative estimate of drug-likeness (QED) is 0.783. The fourth-order valence-electron chi connectivity index (χ4n) is 1.97. The van der Waals surface area contributed by atoms with Crippen LogP contribution < -0.4 is 10.1 Å². The van der Waals surface area contributed by atoms with Crippen molar-refractivity contribution in [2.24, 2.45) is 0 Å². The summed E-state index contributed by atoms with van der Waals surface area (Å²) in [6.07, 6.45) is 0. The van der Waals surface area contributed by atoms with Gasteiger partial charge in [0.05, 0.1) is 13.2 Å². The zero-order valence-corrected chi connectivity index (χ0v) is 14.4. The third kappa shape index (κ3) is 5.50. The standard InChI is InChI=1S/C16H26N2O2S/c1-12(2)21-11-10-17-16(19)18(4)13(3)14-8-6-7-9-15(14)20-5/h6-9,12-13H,10-11H2,1-5H3,(H,17,19)/t13-/m0/s1. The lowest BCUT2D eigenvalue weighted by atomic mass is 10.1. The third-order valence-corrected chi connectivity index (χ3v) is 4.43. The number of hydrogen-bond acceptors (Lipinski definition) is 3. The Kier molecular flexibility index (Phi) is 7.43. The van der Waals surface area contributed by atoms with E-state index >= 15 is 0 Å². The van der Waals surface area contributed by atoms with Crippen molar-refractivity contribution in [2.45, 2.75) is 32.1 Å². The van der Waals surface area contributed by atoms with Crippen LogP contribution in [0.4, 0.5) is 4.79 Å². The summed E-state index contributed by atoms with van der Waals surface area (Å²) in [6, 6.07) is 7.69. The lowest BCUT2D eigenvalue weighted by molar-refractivity contribution is 0.194. The summed E-state index contributed by atoms with van der Waals surface area (Å²) in [4.78, 5) is 13.9. The number of ether oxygens (including phenoxy) is 1. The Balaban J connectivity index is 2.56. The number of carbonyl (C=O) groups is 1. The van der Waals surface area contributed by atoms with Crippen molar-refractivity contribution in [3.63, 3.8) is 0 Å². The highest BCUT2D eigenvalue weighted by molar-refractivity contribution is 7.99. The van der Waals surface area contributed by atoms with E-state index in [1.807, 2.05) is 50.0 Å². The highest BCUT2D eigenvalue weighted by Gasteiger charge is 2.19. The maximum atomic E-state index is 12.2. The van der Waals surface area contributed by atoms with Gasteiger partial charge < -0.3 is 15.0 Å². The summed E-state index contributed by atoms with van der Waals surface area (Å²) < 4.78 is 5.36. The number of urea groups is 1. The summed E-state index contributed by atoms with van der Waals surface area (Å²) in [5.41, 5.74) is 1.01. The van der Waals surface area contributed by atoms with Gasteiger partial charge in [0, 0.05) is 24.9 Å². The number of nitrogens with one attached hydrogen (secondary N) is 1. The zero-order valence-electron chi connectivity index (χ0n) is 13.6. The second-order valence-corrected chi connectivity index (χ2v) is 6.86. The molecule has 2 amide bonds. The van der Waals surface area contributed by atoms with Crippen molar-refractivity contribution in [3.8, 4) is 5.75 Å². The Morgan fingerprint density at radius 1 is 1.33 bits per heavy atom. The summed E-state index contributed by atoms with van der Waals surface area (Å²) in [7, 11) is 3.46. The number of amides is 2. The van der Waals surface area contributed by atoms with Crippen molar-refractivity contribution in [1.82, 2.24) is 10.2 Å². The predicted octanol–water partition coefficient (Wildman–Crippen LogP) is 3.54. The minimum absolute atomic E-state index is 0.0427. The van der Waals surface area contributed by atoms with Crippen molar-refractivity contribution in [1.29, 1.82) is 0 Å². The maximum absolute atomic E-state index is 12.2. The van der Waals surface area contributed by atoms with Gasteiger partial charge >= 0.3 is 6.03 Å². The van der Waals surface area contributed by atoms with E-state index in [9.17, 15) is 4.79 Å². The minimum Gasteiger partial charge on any atom is -0.496 e. The third-order valence-electron chi connectivity index (χ3n) is 3.32. The van der Waals surface area contributed by atoms with E-state index in [-0.39, 0.29) is 12.1 Å². The Hall–Kier alpha value is -1.36.